The molecular weight excluding hydrogens is 305 g/mol. The lowest BCUT2D eigenvalue weighted by Gasteiger charge is -2.26. The van der Waals surface area contributed by atoms with Gasteiger partial charge < -0.3 is 10.3 Å². The summed E-state index contributed by atoms with van der Waals surface area (Å²) >= 11 is 0. The highest BCUT2D eigenvalue weighted by Crippen LogP contribution is 2.30. The first kappa shape index (κ1) is 14.9. The average Bonchev–Trinajstić information content (AvgIpc) is 2.98. The summed E-state index contributed by atoms with van der Waals surface area (Å²) in [6.45, 7) is 0. The molecule has 5 heteroatoms. The molecule has 3 aromatic rings. The zero-order valence-electron chi connectivity index (χ0n) is 13.2. The minimum absolute atomic E-state index is 0.0538. The number of aromatic nitrogens is 2. The molecule has 0 unspecified atom stereocenters. The highest BCUT2D eigenvalue weighted by molar-refractivity contribution is 5.87. The van der Waals surface area contributed by atoms with Crippen molar-refractivity contribution < 1.29 is 9.18 Å². The number of amides is 1. The summed E-state index contributed by atoms with van der Waals surface area (Å²) in [5, 5.41) is 4.03. The smallest absolute Gasteiger partial charge is 0.224 e. The Bertz CT molecular complexity index is 903. The third kappa shape index (κ3) is 2.77. The van der Waals surface area contributed by atoms with Crippen LogP contribution in [0.4, 0.5) is 4.39 Å². The van der Waals surface area contributed by atoms with Gasteiger partial charge in [-0.1, -0.05) is 6.07 Å². The molecule has 1 aliphatic carbocycles. The van der Waals surface area contributed by atoms with Crippen LogP contribution in [0, 0.1) is 5.82 Å². The number of H-pyrrole nitrogens is 1. The molecule has 122 valence electrons. The zero-order valence-corrected chi connectivity index (χ0v) is 13.2. The molecule has 24 heavy (non-hydrogen) atoms. The molecule has 0 fully saturated rings. The monoisotopic (exact) mass is 323 g/mol. The fourth-order valence-corrected chi connectivity index (χ4v) is 3.50. The minimum atomic E-state index is -0.252. The van der Waals surface area contributed by atoms with Gasteiger partial charge in [-0.25, -0.2) is 9.37 Å². The number of fused-ring (bicyclic) bond motifs is 2. The van der Waals surface area contributed by atoms with E-state index in [-0.39, 0.29) is 24.2 Å². The number of aryl methyl sites for hydroxylation is 1. The fourth-order valence-electron chi connectivity index (χ4n) is 3.50. The number of benzene rings is 1. The third-order valence-corrected chi connectivity index (χ3v) is 4.65. The third-order valence-electron chi connectivity index (χ3n) is 4.65. The van der Waals surface area contributed by atoms with Gasteiger partial charge in [-0.3, -0.25) is 4.79 Å². The SMILES string of the molecule is O=C(Cc1c[nH]c2ncccc12)N[C@H]1CCCc2ccc(F)cc21. The number of nitrogens with zero attached hydrogens (tertiary/aromatic N) is 1. The Kier molecular flexibility index (Phi) is 3.76. The highest BCUT2D eigenvalue weighted by atomic mass is 19.1. The molecule has 0 aliphatic heterocycles. The van der Waals surface area contributed by atoms with E-state index >= 15 is 0 Å². The van der Waals surface area contributed by atoms with Gasteiger partial charge in [0, 0.05) is 17.8 Å². The molecular formula is C19H18FN3O. The second-order valence-corrected chi connectivity index (χ2v) is 6.25. The number of carbonyl (C=O) groups excluding carboxylic acids is 1. The van der Waals surface area contributed by atoms with E-state index in [0.717, 1.165) is 47.0 Å². The summed E-state index contributed by atoms with van der Waals surface area (Å²) in [6.07, 6.45) is 6.61. The van der Waals surface area contributed by atoms with Crippen LogP contribution in [0.5, 0.6) is 0 Å². The van der Waals surface area contributed by atoms with Crippen LogP contribution in [0.1, 0.15) is 35.6 Å². The van der Waals surface area contributed by atoms with Gasteiger partial charge in [-0.15, -0.1) is 0 Å². The van der Waals surface area contributed by atoms with Crippen LogP contribution < -0.4 is 5.32 Å². The van der Waals surface area contributed by atoms with Crippen LogP contribution in [0.25, 0.3) is 11.0 Å². The van der Waals surface area contributed by atoms with Crippen LogP contribution in [0.3, 0.4) is 0 Å². The normalized spacial score (nSPS) is 16.8. The van der Waals surface area contributed by atoms with E-state index in [4.69, 9.17) is 0 Å². The second kappa shape index (κ2) is 6.07. The molecule has 1 aliphatic rings. The molecule has 0 saturated carbocycles. The van der Waals surface area contributed by atoms with Crippen molar-refractivity contribution in [3.8, 4) is 0 Å². The molecule has 2 aromatic heterocycles. The van der Waals surface area contributed by atoms with Crippen LogP contribution >= 0.6 is 0 Å². The van der Waals surface area contributed by atoms with Gasteiger partial charge in [0.05, 0.1) is 12.5 Å². The van der Waals surface area contributed by atoms with E-state index < -0.39 is 0 Å². The molecule has 1 aromatic carbocycles. The van der Waals surface area contributed by atoms with Gasteiger partial charge in [-0.05, 0) is 60.2 Å². The van der Waals surface area contributed by atoms with Gasteiger partial charge in [-0.2, -0.15) is 0 Å². The van der Waals surface area contributed by atoms with Gasteiger partial charge in [0.15, 0.2) is 0 Å². The highest BCUT2D eigenvalue weighted by Gasteiger charge is 2.22. The first-order valence-corrected chi connectivity index (χ1v) is 8.19. The Morgan fingerprint density at radius 3 is 3.21 bits per heavy atom. The Balaban J connectivity index is 1.52. The topological polar surface area (TPSA) is 57.8 Å². The Morgan fingerprint density at radius 1 is 1.38 bits per heavy atom. The van der Waals surface area contributed by atoms with E-state index in [1.165, 1.54) is 6.07 Å². The number of aromatic amines is 1. The van der Waals surface area contributed by atoms with Gasteiger partial charge in [0.25, 0.3) is 0 Å². The number of pyridine rings is 1. The van der Waals surface area contributed by atoms with E-state index in [1.54, 1.807) is 12.3 Å². The molecule has 1 amide bonds. The number of nitrogens with one attached hydrogen (secondary N) is 2. The molecule has 0 bridgehead atoms. The summed E-state index contributed by atoms with van der Waals surface area (Å²) in [5.74, 6) is -0.306. The maximum Gasteiger partial charge on any atom is 0.224 e. The van der Waals surface area contributed by atoms with Crippen LogP contribution in [-0.2, 0) is 17.6 Å². The standard InChI is InChI=1S/C19H18FN3O/c20-14-7-6-12-3-1-5-17(16(12)10-14)23-18(24)9-13-11-22-19-15(13)4-2-8-21-19/h2,4,6-8,10-11,17H,1,3,5,9H2,(H,21,22)(H,23,24)/t17-/m0/s1. The number of carbonyl (C=O) groups is 1. The molecule has 0 radical (unpaired) electrons. The van der Waals surface area contributed by atoms with Crippen molar-refractivity contribution in [2.45, 2.75) is 31.7 Å². The maximum absolute atomic E-state index is 13.6. The van der Waals surface area contributed by atoms with Crippen LogP contribution in [0.15, 0.2) is 42.7 Å². The Morgan fingerprint density at radius 2 is 2.29 bits per heavy atom. The predicted octanol–water partition coefficient (Wildman–Crippen LogP) is 3.44. The van der Waals surface area contributed by atoms with Crippen molar-refractivity contribution in [1.29, 1.82) is 0 Å². The lowest BCUT2D eigenvalue weighted by Crippen LogP contribution is -2.32. The largest absolute Gasteiger partial charge is 0.349 e. The molecule has 2 N–H and O–H groups in total. The minimum Gasteiger partial charge on any atom is -0.349 e. The molecule has 1 atom stereocenters. The van der Waals surface area contributed by atoms with Gasteiger partial charge >= 0.3 is 0 Å². The van der Waals surface area contributed by atoms with Crippen molar-refractivity contribution >= 4 is 16.9 Å². The molecule has 2 heterocycles. The van der Waals surface area contributed by atoms with Crippen LogP contribution in [-0.4, -0.2) is 15.9 Å². The van der Waals surface area contributed by atoms with Crippen LogP contribution in [0.2, 0.25) is 0 Å². The molecule has 0 saturated heterocycles. The van der Waals surface area contributed by atoms with Crippen molar-refractivity contribution in [3.63, 3.8) is 0 Å². The van der Waals surface area contributed by atoms with Crippen molar-refractivity contribution in [3.05, 3.63) is 65.2 Å². The summed E-state index contributed by atoms with van der Waals surface area (Å²) in [4.78, 5) is 19.8. The average molecular weight is 323 g/mol. The first-order valence-electron chi connectivity index (χ1n) is 8.19. The number of rotatable bonds is 3. The molecule has 4 nitrogen and oxygen atoms in total. The second-order valence-electron chi connectivity index (χ2n) is 6.25. The fraction of sp³-hybridized carbons (Fsp3) is 0.263. The maximum atomic E-state index is 13.6. The van der Waals surface area contributed by atoms with Crippen molar-refractivity contribution in [1.82, 2.24) is 15.3 Å². The molecule has 0 spiro atoms. The summed E-state index contributed by atoms with van der Waals surface area (Å²) in [5.41, 5.74) is 3.75. The number of hydrogen-bond acceptors (Lipinski definition) is 2. The van der Waals surface area contributed by atoms with E-state index in [9.17, 15) is 9.18 Å². The number of halogens is 1. The Hall–Kier alpha value is -2.69. The lowest BCUT2D eigenvalue weighted by atomic mass is 9.87. The quantitative estimate of drug-likeness (QED) is 0.776. The summed E-state index contributed by atoms with van der Waals surface area (Å²) < 4.78 is 13.6. The Labute approximate surface area is 139 Å². The summed E-state index contributed by atoms with van der Waals surface area (Å²) in [6, 6.07) is 8.57. The number of hydrogen-bond donors (Lipinski definition) is 2. The van der Waals surface area contributed by atoms with Crippen molar-refractivity contribution in [2.75, 3.05) is 0 Å². The van der Waals surface area contributed by atoms with Gasteiger partial charge in [0.2, 0.25) is 5.91 Å². The van der Waals surface area contributed by atoms with E-state index in [1.807, 2.05) is 24.4 Å². The predicted molar refractivity (Wildman–Crippen MR) is 90.0 cm³/mol. The van der Waals surface area contributed by atoms with Gasteiger partial charge in [0.1, 0.15) is 11.5 Å². The van der Waals surface area contributed by atoms with Crippen molar-refractivity contribution in [2.24, 2.45) is 0 Å². The zero-order chi connectivity index (χ0) is 16.5. The first-order chi connectivity index (χ1) is 11.7. The lowest BCUT2D eigenvalue weighted by molar-refractivity contribution is -0.121. The molecule has 4 rings (SSSR count). The van der Waals surface area contributed by atoms with E-state index in [2.05, 4.69) is 15.3 Å². The van der Waals surface area contributed by atoms with E-state index in [0.29, 0.717) is 0 Å². The summed E-state index contributed by atoms with van der Waals surface area (Å²) in [7, 11) is 0.